The van der Waals surface area contributed by atoms with E-state index in [-0.39, 0.29) is 26.1 Å². The largest absolute Gasteiger partial charge is 0.462 e. The molecule has 0 bridgehead atoms. The van der Waals surface area contributed by atoms with Gasteiger partial charge in [-0.15, -0.1) is 0 Å². The molecule has 0 saturated carbocycles. The average Bonchev–Trinajstić information content (AvgIpc) is 3.38. The van der Waals surface area contributed by atoms with Crippen molar-refractivity contribution in [3.8, 4) is 0 Å². The van der Waals surface area contributed by atoms with Crippen molar-refractivity contribution in [1.82, 2.24) is 0 Å². The van der Waals surface area contributed by atoms with Crippen LogP contribution in [-0.4, -0.2) is 142 Å². The number of hydrogen-bond donors (Lipinski definition) is 7. The third kappa shape index (κ3) is 32.6. The van der Waals surface area contributed by atoms with E-state index in [0.29, 0.717) is 12.8 Å². The maximum atomic E-state index is 13.1. The van der Waals surface area contributed by atoms with Gasteiger partial charge in [0, 0.05) is 12.8 Å². The lowest BCUT2D eigenvalue weighted by Crippen LogP contribution is -2.61. The highest BCUT2D eigenvalue weighted by molar-refractivity contribution is 5.70. The van der Waals surface area contributed by atoms with Gasteiger partial charge in [-0.3, -0.25) is 9.59 Å². The quantitative estimate of drug-likeness (QED) is 0.0171. The molecule has 15 nitrogen and oxygen atoms in total. The Morgan fingerprint density at radius 1 is 0.425 bits per heavy atom. The van der Waals surface area contributed by atoms with Crippen LogP contribution in [0.4, 0.5) is 0 Å². The molecule has 7 N–H and O–H groups in total. The molecule has 0 aromatic heterocycles. The Labute approximate surface area is 441 Å². The predicted molar refractivity (Wildman–Crippen MR) is 285 cm³/mol. The minimum absolute atomic E-state index is 0.168. The van der Waals surface area contributed by atoms with Gasteiger partial charge in [0.25, 0.3) is 0 Å². The van der Waals surface area contributed by atoms with E-state index in [1.54, 1.807) is 0 Å². The first-order valence-corrected chi connectivity index (χ1v) is 29.8. The molecule has 2 saturated heterocycles. The fraction of sp³-hybridized carbons (Fsp3) is 0.931. The fourth-order valence-electron chi connectivity index (χ4n) is 9.63. The minimum atomic E-state index is -1.76. The van der Waals surface area contributed by atoms with Gasteiger partial charge in [-0.1, -0.05) is 212 Å². The van der Waals surface area contributed by atoms with Crippen LogP contribution in [-0.2, 0) is 38.0 Å². The van der Waals surface area contributed by atoms with E-state index in [4.69, 9.17) is 28.4 Å². The van der Waals surface area contributed by atoms with E-state index in [2.05, 4.69) is 26.0 Å². The molecule has 2 aliphatic rings. The Kier molecular flexibility index (Phi) is 41.8. The summed E-state index contributed by atoms with van der Waals surface area (Å²) in [7, 11) is 0. The maximum absolute atomic E-state index is 13.1. The molecule has 0 aliphatic carbocycles. The highest BCUT2D eigenvalue weighted by atomic mass is 16.7. The Hall–Kier alpha value is -1.76. The summed E-state index contributed by atoms with van der Waals surface area (Å²) in [6, 6.07) is 0. The Morgan fingerprint density at radius 2 is 0.781 bits per heavy atom. The molecular formula is C58H108O15. The molecule has 0 amide bonds. The Morgan fingerprint density at radius 3 is 1.21 bits per heavy atom. The monoisotopic (exact) mass is 1040 g/mol. The number of aliphatic hydroxyl groups is 7. The molecule has 0 aromatic carbocycles. The lowest BCUT2D eigenvalue weighted by atomic mass is 9.98. The molecule has 430 valence electrons. The fourth-order valence-corrected chi connectivity index (χ4v) is 9.63. The van der Waals surface area contributed by atoms with Crippen molar-refractivity contribution < 1.29 is 73.8 Å². The molecule has 0 spiro atoms. The topological polar surface area (TPSA) is 231 Å². The van der Waals surface area contributed by atoms with Crippen LogP contribution in [0.1, 0.15) is 251 Å². The maximum Gasteiger partial charge on any atom is 0.306 e. The van der Waals surface area contributed by atoms with Crippen LogP contribution in [0, 0.1) is 0 Å². The van der Waals surface area contributed by atoms with Gasteiger partial charge >= 0.3 is 11.9 Å². The van der Waals surface area contributed by atoms with Crippen molar-refractivity contribution in [3.63, 3.8) is 0 Å². The molecule has 0 aromatic rings. The number of hydrogen-bond acceptors (Lipinski definition) is 15. The van der Waals surface area contributed by atoms with Gasteiger partial charge in [0.15, 0.2) is 18.7 Å². The molecule has 11 unspecified atom stereocenters. The molecule has 2 fully saturated rings. The molecule has 0 radical (unpaired) electrons. The van der Waals surface area contributed by atoms with Gasteiger partial charge < -0.3 is 64.2 Å². The molecule has 15 heteroatoms. The summed E-state index contributed by atoms with van der Waals surface area (Å²) >= 11 is 0. The Bertz CT molecular complexity index is 1320. The molecular weight excluding hydrogens is 937 g/mol. The van der Waals surface area contributed by atoms with Crippen LogP contribution >= 0.6 is 0 Å². The number of rotatable bonds is 48. The standard InChI is InChI=1S/C58H108O15/c1-3-5-7-9-11-13-15-17-19-21-23-25-27-29-31-33-35-37-39-41-50(61)71-46(43-68-49(60)40-38-36-34-32-30-28-26-24-22-20-18-16-14-12-10-8-6-4-2)44-69-57-56(67)54(65)52(63)48(73-57)45-70-58-55(66)53(64)51(62)47(42-59)72-58/h17,19,46-48,51-59,62-67H,3-16,18,20-45H2,1-2H3/b19-17-. The predicted octanol–water partition coefficient (Wildman–Crippen LogP) is 10.1. The number of allylic oxidation sites excluding steroid dienone is 2. The second kappa shape index (κ2) is 45.3. The highest BCUT2D eigenvalue weighted by Crippen LogP contribution is 2.27. The summed E-state index contributed by atoms with van der Waals surface area (Å²) in [5.41, 5.74) is 0. The van der Waals surface area contributed by atoms with Gasteiger partial charge in [0.05, 0.1) is 19.8 Å². The minimum Gasteiger partial charge on any atom is -0.462 e. The Balaban J connectivity index is 1.74. The van der Waals surface area contributed by atoms with E-state index in [1.165, 1.54) is 167 Å². The SMILES string of the molecule is CCCCCCCC/C=C\CCCCCCCCCCCC(=O)OC(COC(=O)CCCCCCCCCCCCCCCCCCCC)COC1OC(COC2OC(CO)C(O)C(O)C2O)C(O)C(O)C1O. The smallest absolute Gasteiger partial charge is 0.306 e. The van der Waals surface area contributed by atoms with E-state index in [0.717, 1.165) is 44.9 Å². The summed E-state index contributed by atoms with van der Waals surface area (Å²) < 4.78 is 33.7. The van der Waals surface area contributed by atoms with Crippen LogP contribution < -0.4 is 0 Å². The number of carbonyl (C=O) groups is 2. The van der Waals surface area contributed by atoms with E-state index in [9.17, 15) is 45.3 Å². The summed E-state index contributed by atoms with van der Waals surface area (Å²) in [5, 5.41) is 72.3. The van der Waals surface area contributed by atoms with Crippen LogP contribution in [0.5, 0.6) is 0 Å². The van der Waals surface area contributed by atoms with Crippen LogP contribution in [0.25, 0.3) is 0 Å². The molecule has 2 aliphatic heterocycles. The number of esters is 2. The van der Waals surface area contributed by atoms with Gasteiger partial charge in [-0.2, -0.15) is 0 Å². The number of carbonyl (C=O) groups excluding carboxylic acids is 2. The summed E-state index contributed by atoms with van der Waals surface area (Å²) in [6.45, 7) is 2.64. The first kappa shape index (κ1) is 67.3. The van der Waals surface area contributed by atoms with Crippen molar-refractivity contribution in [1.29, 1.82) is 0 Å². The molecule has 73 heavy (non-hydrogen) atoms. The zero-order valence-electron chi connectivity index (χ0n) is 45.9. The van der Waals surface area contributed by atoms with Gasteiger partial charge in [0.2, 0.25) is 0 Å². The zero-order valence-corrected chi connectivity index (χ0v) is 45.9. The first-order chi connectivity index (χ1) is 35.5. The van der Waals surface area contributed by atoms with Crippen molar-refractivity contribution in [3.05, 3.63) is 12.2 Å². The van der Waals surface area contributed by atoms with Crippen LogP contribution in [0.15, 0.2) is 12.2 Å². The van der Waals surface area contributed by atoms with E-state index < -0.39 is 92.7 Å². The van der Waals surface area contributed by atoms with Crippen LogP contribution in [0.2, 0.25) is 0 Å². The molecule has 11 atom stereocenters. The van der Waals surface area contributed by atoms with Gasteiger partial charge in [-0.25, -0.2) is 0 Å². The van der Waals surface area contributed by atoms with Gasteiger partial charge in [-0.05, 0) is 38.5 Å². The summed E-state index contributed by atoms with van der Waals surface area (Å²) in [6.07, 6.45) is 30.8. The van der Waals surface area contributed by atoms with Gasteiger partial charge in [0.1, 0.15) is 55.4 Å². The van der Waals surface area contributed by atoms with Crippen molar-refractivity contribution in [2.24, 2.45) is 0 Å². The zero-order chi connectivity index (χ0) is 53.2. The number of ether oxygens (including phenoxy) is 6. The van der Waals surface area contributed by atoms with Crippen molar-refractivity contribution in [2.75, 3.05) is 26.4 Å². The number of aliphatic hydroxyl groups excluding tert-OH is 7. The van der Waals surface area contributed by atoms with Crippen molar-refractivity contribution in [2.45, 2.75) is 319 Å². The lowest BCUT2D eigenvalue weighted by Gasteiger charge is -2.42. The number of unbranched alkanes of at least 4 members (excludes halogenated alkanes) is 32. The van der Waals surface area contributed by atoms with Crippen LogP contribution in [0.3, 0.4) is 0 Å². The normalized spacial score (nSPS) is 24.8. The second-order valence-corrected chi connectivity index (χ2v) is 21.2. The lowest BCUT2D eigenvalue weighted by molar-refractivity contribution is -0.332. The summed E-state index contributed by atoms with van der Waals surface area (Å²) in [4.78, 5) is 25.9. The van der Waals surface area contributed by atoms with E-state index in [1.807, 2.05) is 0 Å². The third-order valence-electron chi connectivity index (χ3n) is 14.5. The third-order valence-corrected chi connectivity index (χ3v) is 14.5. The van der Waals surface area contributed by atoms with E-state index >= 15 is 0 Å². The highest BCUT2D eigenvalue weighted by Gasteiger charge is 2.47. The average molecular weight is 1050 g/mol. The second-order valence-electron chi connectivity index (χ2n) is 21.2. The molecule has 2 heterocycles. The van der Waals surface area contributed by atoms with Crippen molar-refractivity contribution >= 4 is 11.9 Å². The first-order valence-electron chi connectivity index (χ1n) is 29.8. The summed E-state index contributed by atoms with van der Waals surface area (Å²) in [5.74, 6) is -0.911. The molecule has 2 rings (SSSR count).